The first-order chi connectivity index (χ1) is 12.5. The number of fused-ring (bicyclic) bond motifs is 1. The summed E-state index contributed by atoms with van der Waals surface area (Å²) in [6.45, 7) is 4.27. The molecule has 0 saturated heterocycles. The highest BCUT2D eigenvalue weighted by Gasteiger charge is 2.12. The van der Waals surface area contributed by atoms with Crippen LogP contribution in [0.2, 0.25) is 0 Å². The van der Waals surface area contributed by atoms with Crippen molar-refractivity contribution in [2.75, 3.05) is 7.11 Å². The first kappa shape index (κ1) is 18.3. The number of ether oxygens (including phenoxy) is 1. The highest BCUT2D eigenvalue weighted by molar-refractivity contribution is 9.10. The van der Waals surface area contributed by atoms with Crippen LogP contribution in [0.25, 0.3) is 10.2 Å². The van der Waals surface area contributed by atoms with Gasteiger partial charge in [-0.1, -0.05) is 33.3 Å². The largest absolute Gasteiger partial charge is 0.465 e. The zero-order valence-corrected chi connectivity index (χ0v) is 16.3. The second-order valence-electron chi connectivity index (χ2n) is 5.38. The molecule has 0 N–H and O–H groups in total. The number of thiazole rings is 1. The molecular weight excluding hydrogens is 416 g/mol. The normalized spacial score (nSPS) is 11.5. The van der Waals surface area contributed by atoms with Gasteiger partial charge in [-0.15, -0.1) is 6.58 Å². The number of aromatic nitrogens is 1. The number of nitrogens with zero attached hydrogens (tertiary/aromatic N) is 2. The summed E-state index contributed by atoms with van der Waals surface area (Å²) in [5.41, 5.74) is 1.84. The van der Waals surface area contributed by atoms with Gasteiger partial charge in [-0.05, 0) is 42.5 Å². The van der Waals surface area contributed by atoms with Gasteiger partial charge in [0.25, 0.3) is 5.91 Å². The summed E-state index contributed by atoms with van der Waals surface area (Å²) in [5, 5.41) is 0. The Kier molecular flexibility index (Phi) is 5.49. The number of halogens is 1. The van der Waals surface area contributed by atoms with Gasteiger partial charge in [-0.2, -0.15) is 4.99 Å². The van der Waals surface area contributed by atoms with Crippen LogP contribution in [-0.4, -0.2) is 23.6 Å². The van der Waals surface area contributed by atoms with Crippen LogP contribution in [0, 0.1) is 0 Å². The van der Waals surface area contributed by atoms with Crippen molar-refractivity contribution >= 4 is 49.4 Å². The maximum Gasteiger partial charge on any atom is 0.337 e. The maximum absolute atomic E-state index is 12.5. The standard InChI is InChI=1S/C19H15BrN2O3S/c1-3-10-22-15-9-6-13(18(24)25-2)11-16(15)26-19(22)21-17(23)12-4-7-14(20)8-5-12/h3-9,11H,1,10H2,2H3. The van der Waals surface area contributed by atoms with E-state index in [1.807, 2.05) is 10.6 Å². The molecule has 0 saturated carbocycles. The lowest BCUT2D eigenvalue weighted by atomic mass is 10.2. The molecule has 5 nitrogen and oxygen atoms in total. The number of methoxy groups -OCH3 is 1. The Hall–Kier alpha value is -2.51. The van der Waals surface area contributed by atoms with Crippen molar-refractivity contribution in [3.63, 3.8) is 0 Å². The van der Waals surface area contributed by atoms with Crippen LogP contribution in [0.15, 0.2) is 64.6 Å². The van der Waals surface area contributed by atoms with Gasteiger partial charge >= 0.3 is 5.97 Å². The molecule has 3 aromatic rings. The summed E-state index contributed by atoms with van der Waals surface area (Å²) in [6, 6.07) is 12.3. The van der Waals surface area contributed by atoms with Crippen molar-refractivity contribution in [3.8, 4) is 0 Å². The zero-order chi connectivity index (χ0) is 18.7. The van der Waals surface area contributed by atoms with Crippen molar-refractivity contribution in [1.82, 2.24) is 4.57 Å². The van der Waals surface area contributed by atoms with Gasteiger partial charge in [0.1, 0.15) is 0 Å². The fourth-order valence-corrected chi connectivity index (χ4v) is 3.79. The lowest BCUT2D eigenvalue weighted by molar-refractivity contribution is 0.0601. The molecule has 132 valence electrons. The maximum atomic E-state index is 12.5. The second kappa shape index (κ2) is 7.80. The number of hydrogen-bond donors (Lipinski definition) is 0. The third kappa shape index (κ3) is 3.68. The van der Waals surface area contributed by atoms with Gasteiger partial charge in [-0.3, -0.25) is 4.79 Å². The summed E-state index contributed by atoms with van der Waals surface area (Å²) in [5.74, 6) is -0.727. The monoisotopic (exact) mass is 430 g/mol. The van der Waals surface area contributed by atoms with Gasteiger partial charge < -0.3 is 9.30 Å². The molecule has 0 aliphatic rings. The molecule has 7 heteroatoms. The van der Waals surface area contributed by atoms with Gasteiger partial charge in [0, 0.05) is 16.6 Å². The molecule has 0 aliphatic heterocycles. The minimum absolute atomic E-state index is 0.324. The van der Waals surface area contributed by atoms with Crippen molar-refractivity contribution in [1.29, 1.82) is 0 Å². The number of carbonyl (C=O) groups excluding carboxylic acids is 2. The van der Waals surface area contributed by atoms with Crippen LogP contribution in [-0.2, 0) is 11.3 Å². The molecule has 26 heavy (non-hydrogen) atoms. The third-order valence-electron chi connectivity index (χ3n) is 3.70. The van der Waals surface area contributed by atoms with Crippen LogP contribution in [0.1, 0.15) is 20.7 Å². The van der Waals surface area contributed by atoms with Gasteiger partial charge in [0.2, 0.25) is 0 Å². The van der Waals surface area contributed by atoms with Crippen molar-refractivity contribution < 1.29 is 14.3 Å². The molecular formula is C19H15BrN2O3S. The first-order valence-electron chi connectivity index (χ1n) is 7.70. The minimum atomic E-state index is -0.403. The lowest BCUT2D eigenvalue weighted by Crippen LogP contribution is -2.16. The van der Waals surface area contributed by atoms with E-state index in [4.69, 9.17) is 4.74 Å². The summed E-state index contributed by atoms with van der Waals surface area (Å²) >= 11 is 4.69. The first-order valence-corrected chi connectivity index (χ1v) is 9.31. The van der Waals surface area contributed by atoms with Gasteiger partial charge in [0.05, 0.1) is 22.9 Å². The SMILES string of the molecule is C=CCn1c(=NC(=O)c2ccc(Br)cc2)sc2cc(C(=O)OC)ccc21. The van der Waals surface area contributed by atoms with E-state index in [0.29, 0.717) is 22.5 Å². The topological polar surface area (TPSA) is 60.7 Å². The molecule has 0 fully saturated rings. The number of rotatable bonds is 4. The summed E-state index contributed by atoms with van der Waals surface area (Å²) in [7, 11) is 1.34. The Morgan fingerprint density at radius 3 is 2.58 bits per heavy atom. The second-order valence-corrected chi connectivity index (χ2v) is 7.31. The van der Waals surface area contributed by atoms with Crippen LogP contribution in [0.5, 0.6) is 0 Å². The number of carbonyl (C=O) groups is 2. The third-order valence-corrected chi connectivity index (χ3v) is 5.27. The number of amides is 1. The average Bonchev–Trinajstić information content (AvgIpc) is 2.98. The molecule has 0 radical (unpaired) electrons. The lowest BCUT2D eigenvalue weighted by Gasteiger charge is -2.02. The Morgan fingerprint density at radius 1 is 1.23 bits per heavy atom. The number of esters is 1. The molecule has 0 atom stereocenters. The fraction of sp³-hybridized carbons (Fsp3) is 0.105. The van der Waals surface area contributed by atoms with Crippen LogP contribution in [0.4, 0.5) is 0 Å². The van der Waals surface area contributed by atoms with Gasteiger partial charge in [-0.25, -0.2) is 4.79 Å². The summed E-state index contributed by atoms with van der Waals surface area (Å²) in [6.07, 6.45) is 1.74. The fourth-order valence-electron chi connectivity index (χ4n) is 2.45. The summed E-state index contributed by atoms with van der Waals surface area (Å²) < 4.78 is 8.40. The highest BCUT2D eigenvalue weighted by atomic mass is 79.9. The van der Waals surface area contributed by atoms with E-state index >= 15 is 0 Å². The predicted octanol–water partition coefficient (Wildman–Crippen LogP) is 4.18. The van der Waals surface area contributed by atoms with Crippen LogP contribution in [0.3, 0.4) is 0 Å². The Labute approximate surface area is 162 Å². The van der Waals surface area contributed by atoms with E-state index < -0.39 is 5.97 Å². The molecule has 0 aliphatic carbocycles. The Bertz CT molecular complexity index is 1060. The number of benzene rings is 2. The molecule has 1 amide bonds. The predicted molar refractivity (Wildman–Crippen MR) is 105 cm³/mol. The zero-order valence-electron chi connectivity index (χ0n) is 13.9. The van der Waals surface area contributed by atoms with E-state index in [1.54, 1.807) is 42.5 Å². The molecule has 2 aromatic carbocycles. The van der Waals surface area contributed by atoms with Crippen molar-refractivity contribution in [3.05, 3.63) is 75.5 Å². The average molecular weight is 431 g/mol. The van der Waals surface area contributed by atoms with E-state index in [0.717, 1.165) is 14.7 Å². The molecule has 3 rings (SSSR count). The quantitative estimate of drug-likeness (QED) is 0.460. The van der Waals surface area contributed by atoms with E-state index in [-0.39, 0.29) is 5.91 Å². The van der Waals surface area contributed by atoms with Crippen molar-refractivity contribution in [2.24, 2.45) is 4.99 Å². The molecule has 0 bridgehead atoms. The van der Waals surface area contributed by atoms with Crippen LogP contribution >= 0.6 is 27.3 Å². The minimum Gasteiger partial charge on any atom is -0.465 e. The number of hydrogen-bond acceptors (Lipinski definition) is 4. The Balaban J connectivity index is 2.12. The van der Waals surface area contributed by atoms with Crippen LogP contribution < -0.4 is 4.80 Å². The molecule has 1 heterocycles. The summed E-state index contributed by atoms with van der Waals surface area (Å²) in [4.78, 5) is 29.1. The Morgan fingerprint density at radius 2 is 1.92 bits per heavy atom. The van der Waals surface area contributed by atoms with E-state index in [9.17, 15) is 9.59 Å². The van der Waals surface area contributed by atoms with E-state index in [2.05, 4.69) is 27.5 Å². The molecule has 0 spiro atoms. The highest BCUT2D eigenvalue weighted by Crippen LogP contribution is 2.20. The smallest absolute Gasteiger partial charge is 0.337 e. The van der Waals surface area contributed by atoms with Gasteiger partial charge in [0.15, 0.2) is 4.80 Å². The van der Waals surface area contributed by atoms with E-state index in [1.165, 1.54) is 18.4 Å². The van der Waals surface area contributed by atoms with Crippen molar-refractivity contribution in [2.45, 2.75) is 6.54 Å². The number of allylic oxidation sites excluding steroid dienone is 1. The molecule has 0 unspecified atom stereocenters. The molecule has 1 aromatic heterocycles.